The van der Waals surface area contributed by atoms with Gasteiger partial charge in [0.05, 0.1) is 40.5 Å². The van der Waals surface area contributed by atoms with Crippen molar-refractivity contribution >= 4 is 11.9 Å². The minimum Gasteiger partial charge on any atom is -0.493 e. The third-order valence-corrected chi connectivity index (χ3v) is 4.95. The van der Waals surface area contributed by atoms with E-state index in [4.69, 9.17) is 28.4 Å². The summed E-state index contributed by atoms with van der Waals surface area (Å²) in [4.78, 5) is 24.8. The number of nitrogens with one attached hydrogen (secondary N) is 1. The van der Waals surface area contributed by atoms with Crippen LogP contribution in [0.1, 0.15) is 37.8 Å². The molecule has 1 unspecified atom stereocenters. The molecule has 0 saturated heterocycles. The van der Waals surface area contributed by atoms with Crippen LogP contribution in [0.3, 0.4) is 0 Å². The van der Waals surface area contributed by atoms with Crippen LogP contribution >= 0.6 is 0 Å². The molecule has 0 radical (unpaired) electrons. The van der Waals surface area contributed by atoms with E-state index < -0.39 is 11.9 Å². The highest BCUT2D eigenvalue weighted by molar-refractivity contribution is 5.85. The molecule has 0 aliphatic rings. The van der Waals surface area contributed by atoms with Crippen molar-refractivity contribution in [3.63, 3.8) is 0 Å². The first kappa shape index (κ1) is 26.6. The van der Waals surface area contributed by atoms with Gasteiger partial charge < -0.3 is 33.7 Å². The molecule has 2 rings (SSSR count). The Kier molecular flexibility index (Phi) is 9.85. The second-order valence-corrected chi connectivity index (χ2v) is 7.65. The average molecular weight is 476 g/mol. The monoisotopic (exact) mass is 475 g/mol. The average Bonchev–Trinajstić information content (AvgIpc) is 2.81. The Morgan fingerprint density at radius 1 is 0.882 bits per heavy atom. The van der Waals surface area contributed by atoms with E-state index in [9.17, 15) is 9.59 Å². The van der Waals surface area contributed by atoms with Gasteiger partial charge in [-0.15, -0.1) is 0 Å². The lowest BCUT2D eigenvalue weighted by molar-refractivity contribution is -0.142. The summed E-state index contributed by atoms with van der Waals surface area (Å²) < 4.78 is 32.7. The predicted molar refractivity (Wildman–Crippen MR) is 126 cm³/mol. The molecule has 2 aromatic carbocycles. The van der Waals surface area contributed by atoms with E-state index in [0.717, 1.165) is 5.56 Å². The van der Waals surface area contributed by atoms with Crippen molar-refractivity contribution in [3.05, 3.63) is 41.5 Å². The van der Waals surface area contributed by atoms with Gasteiger partial charge in [0.25, 0.3) is 0 Å². The highest BCUT2D eigenvalue weighted by atomic mass is 16.5. The van der Waals surface area contributed by atoms with E-state index in [-0.39, 0.29) is 25.2 Å². The fourth-order valence-corrected chi connectivity index (χ4v) is 3.36. The normalized spacial score (nSPS) is 11.4. The first-order valence-corrected chi connectivity index (χ1v) is 10.8. The molecule has 1 amide bonds. The third kappa shape index (κ3) is 6.69. The van der Waals surface area contributed by atoms with Gasteiger partial charge in [0.15, 0.2) is 23.0 Å². The number of carbonyl (C=O) groups excluding carboxylic acids is 2. The Hall–Kier alpha value is -3.62. The van der Waals surface area contributed by atoms with Gasteiger partial charge >= 0.3 is 5.97 Å². The minimum atomic E-state index is -0.822. The summed E-state index contributed by atoms with van der Waals surface area (Å²) in [6, 6.07) is 8.79. The Bertz CT molecular complexity index is 964. The van der Waals surface area contributed by atoms with Crippen molar-refractivity contribution in [3.8, 4) is 28.7 Å². The lowest BCUT2D eigenvalue weighted by Gasteiger charge is -2.21. The Labute approximate surface area is 200 Å². The molecule has 34 heavy (non-hydrogen) atoms. The number of benzene rings is 2. The predicted octanol–water partition coefficient (Wildman–Crippen LogP) is 3.47. The van der Waals surface area contributed by atoms with Crippen LogP contribution in [0.15, 0.2) is 30.3 Å². The van der Waals surface area contributed by atoms with Crippen LogP contribution in [-0.2, 0) is 20.9 Å². The number of para-hydroxylation sites is 1. The van der Waals surface area contributed by atoms with Gasteiger partial charge in [-0.3, -0.25) is 9.59 Å². The van der Waals surface area contributed by atoms with Crippen LogP contribution in [0.4, 0.5) is 0 Å². The Balaban J connectivity index is 2.37. The molecule has 0 aromatic heterocycles. The highest BCUT2D eigenvalue weighted by Crippen LogP contribution is 2.40. The van der Waals surface area contributed by atoms with Gasteiger partial charge in [0, 0.05) is 19.0 Å². The maximum absolute atomic E-state index is 13.3. The zero-order valence-corrected chi connectivity index (χ0v) is 20.7. The molecular formula is C25H33NO8. The van der Waals surface area contributed by atoms with Gasteiger partial charge in [-0.2, -0.15) is 0 Å². The molecule has 9 nitrogen and oxygen atoms in total. The van der Waals surface area contributed by atoms with E-state index in [1.807, 2.05) is 26.0 Å². The number of hydrogen-bond acceptors (Lipinski definition) is 8. The molecule has 2 aromatic rings. The fraction of sp³-hybridized carbons (Fsp3) is 0.440. The largest absolute Gasteiger partial charge is 0.493 e. The van der Waals surface area contributed by atoms with Crippen LogP contribution in [0.2, 0.25) is 0 Å². The van der Waals surface area contributed by atoms with Gasteiger partial charge in [-0.25, -0.2) is 0 Å². The molecule has 0 fully saturated rings. The zero-order chi connectivity index (χ0) is 25.3. The first-order valence-electron chi connectivity index (χ1n) is 10.8. The zero-order valence-electron chi connectivity index (χ0n) is 20.7. The molecule has 1 atom stereocenters. The molecule has 0 bridgehead atoms. The Morgan fingerprint density at radius 3 is 2.00 bits per heavy atom. The maximum Gasteiger partial charge on any atom is 0.302 e. The van der Waals surface area contributed by atoms with Crippen molar-refractivity contribution in [1.29, 1.82) is 0 Å². The van der Waals surface area contributed by atoms with E-state index >= 15 is 0 Å². The second kappa shape index (κ2) is 12.6. The van der Waals surface area contributed by atoms with E-state index in [1.165, 1.54) is 28.3 Å². The Morgan fingerprint density at radius 2 is 1.50 bits per heavy atom. The smallest absolute Gasteiger partial charge is 0.302 e. The van der Waals surface area contributed by atoms with E-state index in [2.05, 4.69) is 5.32 Å². The molecule has 0 heterocycles. The molecule has 0 aliphatic heterocycles. The minimum absolute atomic E-state index is 0.0818. The van der Waals surface area contributed by atoms with Crippen molar-refractivity contribution in [1.82, 2.24) is 5.32 Å². The quantitative estimate of drug-likeness (QED) is 0.466. The van der Waals surface area contributed by atoms with Crippen LogP contribution in [0, 0.1) is 0 Å². The standard InChI is InChI=1S/C25H33NO8/c1-15(2)34-23-17(9-8-10-20(23)29-4)13-26-25(28)19(14-33-16(3)27)18-11-21(30-5)24(32-7)22(12-18)31-6/h8-12,15,19H,13-14H2,1-7H3,(H,26,28). The van der Waals surface area contributed by atoms with Gasteiger partial charge in [-0.05, 0) is 37.6 Å². The fourth-order valence-electron chi connectivity index (χ4n) is 3.36. The van der Waals surface area contributed by atoms with Crippen molar-refractivity contribution < 1.29 is 38.0 Å². The summed E-state index contributed by atoms with van der Waals surface area (Å²) in [7, 11) is 6.03. The highest BCUT2D eigenvalue weighted by Gasteiger charge is 2.26. The third-order valence-electron chi connectivity index (χ3n) is 4.95. The van der Waals surface area contributed by atoms with Gasteiger partial charge in [0.1, 0.15) is 6.61 Å². The molecule has 0 aliphatic carbocycles. The molecule has 9 heteroatoms. The van der Waals surface area contributed by atoms with Crippen LogP contribution < -0.4 is 29.0 Å². The number of rotatable bonds is 12. The lowest BCUT2D eigenvalue weighted by Crippen LogP contribution is -2.32. The number of amides is 1. The van der Waals surface area contributed by atoms with Crippen molar-refractivity contribution in [2.45, 2.75) is 39.3 Å². The molecule has 0 spiro atoms. The van der Waals surface area contributed by atoms with Crippen LogP contribution in [0.25, 0.3) is 0 Å². The van der Waals surface area contributed by atoms with Crippen molar-refractivity contribution in [2.75, 3.05) is 35.0 Å². The molecular weight excluding hydrogens is 442 g/mol. The number of hydrogen-bond donors (Lipinski definition) is 1. The summed E-state index contributed by atoms with van der Waals surface area (Å²) in [5, 5.41) is 2.91. The summed E-state index contributed by atoms with van der Waals surface area (Å²) in [5.41, 5.74) is 1.29. The van der Waals surface area contributed by atoms with Gasteiger partial charge in [0.2, 0.25) is 11.7 Å². The summed E-state index contributed by atoms with van der Waals surface area (Å²) in [5.74, 6) is 0.631. The summed E-state index contributed by atoms with van der Waals surface area (Å²) in [6.07, 6.45) is -0.0818. The first-order chi connectivity index (χ1) is 16.2. The number of methoxy groups -OCH3 is 4. The van der Waals surface area contributed by atoms with Gasteiger partial charge in [-0.1, -0.05) is 12.1 Å². The van der Waals surface area contributed by atoms with Crippen molar-refractivity contribution in [2.24, 2.45) is 0 Å². The van der Waals surface area contributed by atoms with E-state index in [1.54, 1.807) is 25.3 Å². The molecule has 0 saturated carbocycles. The second-order valence-electron chi connectivity index (χ2n) is 7.65. The number of carbonyl (C=O) groups is 2. The number of ether oxygens (including phenoxy) is 6. The molecule has 186 valence electrons. The SMILES string of the molecule is COc1cccc(CNC(=O)C(COC(C)=O)c2cc(OC)c(OC)c(OC)c2)c1OC(C)C. The number of esters is 1. The summed E-state index contributed by atoms with van der Waals surface area (Å²) >= 11 is 0. The maximum atomic E-state index is 13.3. The van der Waals surface area contributed by atoms with E-state index in [0.29, 0.717) is 34.3 Å². The summed E-state index contributed by atoms with van der Waals surface area (Å²) in [6.45, 7) is 5.13. The lowest BCUT2D eigenvalue weighted by atomic mass is 9.97. The molecule has 1 N–H and O–H groups in total. The van der Waals surface area contributed by atoms with Crippen LogP contribution in [0.5, 0.6) is 28.7 Å². The van der Waals surface area contributed by atoms with Crippen LogP contribution in [-0.4, -0.2) is 53.0 Å². The topological polar surface area (TPSA) is 102 Å².